The smallest absolute Gasteiger partial charge is 0.181 e. The number of aromatic nitrogens is 4. The number of hydrogen-bond acceptors (Lipinski definition) is 4. The van der Waals surface area contributed by atoms with Gasteiger partial charge < -0.3 is 0 Å². The van der Waals surface area contributed by atoms with Crippen LogP contribution in [0.15, 0.2) is 0 Å². The molecule has 1 heterocycles. The van der Waals surface area contributed by atoms with Crippen LogP contribution in [-0.4, -0.2) is 26.4 Å². The fourth-order valence-corrected chi connectivity index (χ4v) is 1.09. The van der Waals surface area contributed by atoms with E-state index < -0.39 is 0 Å². The van der Waals surface area contributed by atoms with Crippen LogP contribution in [0.1, 0.15) is 33.0 Å². The maximum atomic E-state index is 11.4. The van der Waals surface area contributed by atoms with Gasteiger partial charge in [-0.15, -0.1) is 10.2 Å². The zero-order chi connectivity index (χ0) is 9.90. The number of Topliss-reactive ketones (excluding diaryl/α,β-unsaturated/α-hetero) is 1. The molecule has 0 amide bonds. The molecule has 0 saturated carbocycles. The van der Waals surface area contributed by atoms with Crippen molar-refractivity contribution in [2.24, 2.45) is 5.41 Å². The first kappa shape index (κ1) is 9.83. The van der Waals surface area contributed by atoms with E-state index in [0.717, 1.165) is 0 Å². The summed E-state index contributed by atoms with van der Waals surface area (Å²) in [5, 5.41) is 13.1. The van der Waals surface area contributed by atoms with Gasteiger partial charge in [0.05, 0.1) is 6.42 Å². The van der Waals surface area contributed by atoms with Crippen LogP contribution in [0.3, 0.4) is 0 Å². The van der Waals surface area contributed by atoms with E-state index in [0.29, 0.717) is 12.2 Å². The molecular weight excluding hydrogens is 168 g/mol. The molecule has 0 aromatic carbocycles. The van der Waals surface area contributed by atoms with Crippen LogP contribution in [0, 0.1) is 5.41 Å². The third-order valence-electron chi connectivity index (χ3n) is 1.47. The summed E-state index contributed by atoms with van der Waals surface area (Å²) in [4.78, 5) is 11.4. The molecule has 0 saturated heterocycles. The first-order valence-electron chi connectivity index (χ1n) is 4.21. The van der Waals surface area contributed by atoms with Gasteiger partial charge in [-0.2, -0.15) is 5.21 Å². The zero-order valence-corrected chi connectivity index (χ0v) is 8.16. The van der Waals surface area contributed by atoms with E-state index in [2.05, 4.69) is 20.6 Å². The third-order valence-corrected chi connectivity index (χ3v) is 1.47. The lowest BCUT2D eigenvalue weighted by Crippen LogP contribution is -2.15. The number of H-pyrrole nitrogens is 1. The Morgan fingerprint density at radius 3 is 2.62 bits per heavy atom. The van der Waals surface area contributed by atoms with Gasteiger partial charge in [-0.3, -0.25) is 4.79 Å². The number of tetrazole rings is 1. The minimum atomic E-state index is 0.0286. The first-order valence-corrected chi connectivity index (χ1v) is 4.21. The van der Waals surface area contributed by atoms with E-state index in [1.807, 2.05) is 20.8 Å². The maximum Gasteiger partial charge on any atom is 0.181 e. The summed E-state index contributed by atoms with van der Waals surface area (Å²) in [6, 6.07) is 0. The van der Waals surface area contributed by atoms with E-state index >= 15 is 0 Å². The minimum absolute atomic E-state index is 0.0286. The highest BCUT2D eigenvalue weighted by Crippen LogP contribution is 2.19. The van der Waals surface area contributed by atoms with Crippen LogP contribution in [-0.2, 0) is 11.2 Å². The van der Waals surface area contributed by atoms with Crippen LogP contribution >= 0.6 is 0 Å². The van der Waals surface area contributed by atoms with Crippen molar-refractivity contribution >= 4 is 5.78 Å². The Bertz CT molecular complexity index is 273. The summed E-state index contributed by atoms with van der Waals surface area (Å²) in [6.45, 7) is 6.09. The topological polar surface area (TPSA) is 71.5 Å². The standard InChI is InChI=1S/C8H14N4O/c1-8(2,3)5-6(13)4-7-9-11-12-10-7/h4-5H2,1-3H3,(H,9,10,11,12). The van der Waals surface area contributed by atoms with Crippen LogP contribution < -0.4 is 0 Å². The van der Waals surface area contributed by atoms with Crippen LogP contribution in [0.2, 0.25) is 0 Å². The predicted molar refractivity (Wildman–Crippen MR) is 47.0 cm³/mol. The molecule has 0 fully saturated rings. The average Bonchev–Trinajstić information content (AvgIpc) is 2.34. The molecule has 0 spiro atoms. The lowest BCUT2D eigenvalue weighted by atomic mass is 9.89. The summed E-state index contributed by atoms with van der Waals surface area (Å²) < 4.78 is 0. The number of carbonyl (C=O) groups excluding carboxylic acids is 1. The summed E-state index contributed by atoms with van der Waals surface area (Å²) in [7, 11) is 0. The van der Waals surface area contributed by atoms with Crippen LogP contribution in [0.4, 0.5) is 0 Å². The highest BCUT2D eigenvalue weighted by atomic mass is 16.1. The molecule has 5 nitrogen and oxygen atoms in total. The molecule has 72 valence electrons. The second-order valence-corrected chi connectivity index (χ2v) is 4.28. The molecule has 1 rings (SSSR count). The molecule has 0 aliphatic heterocycles. The van der Waals surface area contributed by atoms with Gasteiger partial charge in [-0.1, -0.05) is 26.0 Å². The lowest BCUT2D eigenvalue weighted by molar-refractivity contribution is -0.120. The summed E-state index contributed by atoms with van der Waals surface area (Å²) in [5.74, 6) is 0.614. The molecule has 0 atom stereocenters. The molecule has 0 unspecified atom stereocenters. The van der Waals surface area contributed by atoms with Gasteiger partial charge in [-0.05, 0) is 5.41 Å². The van der Waals surface area contributed by atoms with Gasteiger partial charge in [0.1, 0.15) is 5.78 Å². The number of hydrogen-bond donors (Lipinski definition) is 1. The average molecular weight is 182 g/mol. The van der Waals surface area contributed by atoms with E-state index in [1.165, 1.54) is 0 Å². The lowest BCUT2D eigenvalue weighted by Gasteiger charge is -2.15. The highest BCUT2D eigenvalue weighted by Gasteiger charge is 2.17. The quantitative estimate of drug-likeness (QED) is 0.748. The third kappa shape index (κ3) is 3.78. The van der Waals surface area contributed by atoms with Gasteiger partial charge in [0.15, 0.2) is 5.82 Å². The summed E-state index contributed by atoms with van der Waals surface area (Å²) in [6.07, 6.45) is 0.815. The highest BCUT2D eigenvalue weighted by molar-refractivity contribution is 5.80. The number of rotatable bonds is 3. The summed E-state index contributed by atoms with van der Waals surface area (Å²) in [5.41, 5.74) is 0.0286. The maximum absolute atomic E-state index is 11.4. The molecule has 13 heavy (non-hydrogen) atoms. The normalized spacial score (nSPS) is 11.6. The first-order chi connectivity index (χ1) is 5.97. The molecule has 0 bridgehead atoms. The van der Waals surface area contributed by atoms with Crippen molar-refractivity contribution in [3.8, 4) is 0 Å². The SMILES string of the molecule is CC(C)(C)CC(=O)Cc1nn[nH]n1. The molecule has 1 aromatic heterocycles. The van der Waals surface area contributed by atoms with Crippen molar-refractivity contribution in [3.63, 3.8) is 0 Å². The Labute approximate surface area is 76.9 Å². The number of carbonyl (C=O) groups is 1. The summed E-state index contributed by atoms with van der Waals surface area (Å²) >= 11 is 0. The van der Waals surface area contributed by atoms with Crippen molar-refractivity contribution in [1.82, 2.24) is 20.6 Å². The fourth-order valence-electron chi connectivity index (χ4n) is 1.09. The van der Waals surface area contributed by atoms with E-state index in [4.69, 9.17) is 0 Å². The number of aromatic amines is 1. The number of nitrogens with one attached hydrogen (secondary N) is 1. The van der Waals surface area contributed by atoms with E-state index in [-0.39, 0.29) is 17.6 Å². The zero-order valence-electron chi connectivity index (χ0n) is 8.16. The van der Waals surface area contributed by atoms with Crippen molar-refractivity contribution in [3.05, 3.63) is 5.82 Å². The van der Waals surface area contributed by atoms with Gasteiger partial charge in [0.2, 0.25) is 0 Å². The van der Waals surface area contributed by atoms with Crippen molar-refractivity contribution < 1.29 is 4.79 Å². The van der Waals surface area contributed by atoms with Gasteiger partial charge >= 0.3 is 0 Å². The second-order valence-electron chi connectivity index (χ2n) is 4.28. The number of ketones is 1. The van der Waals surface area contributed by atoms with Gasteiger partial charge in [0, 0.05) is 6.42 Å². The molecule has 0 aliphatic carbocycles. The molecule has 0 aliphatic rings. The van der Waals surface area contributed by atoms with Crippen molar-refractivity contribution in [1.29, 1.82) is 0 Å². The fraction of sp³-hybridized carbons (Fsp3) is 0.750. The molecule has 0 radical (unpaired) electrons. The van der Waals surface area contributed by atoms with E-state index in [1.54, 1.807) is 0 Å². The van der Waals surface area contributed by atoms with Crippen molar-refractivity contribution in [2.45, 2.75) is 33.6 Å². The molecule has 5 heteroatoms. The Morgan fingerprint density at radius 1 is 1.46 bits per heavy atom. The Kier molecular flexibility index (Phi) is 2.75. The number of nitrogens with zero attached hydrogens (tertiary/aromatic N) is 3. The Hall–Kier alpha value is -1.26. The second kappa shape index (κ2) is 3.64. The largest absolute Gasteiger partial charge is 0.299 e. The molecule has 1 N–H and O–H groups in total. The van der Waals surface area contributed by atoms with Crippen molar-refractivity contribution in [2.75, 3.05) is 0 Å². The monoisotopic (exact) mass is 182 g/mol. The minimum Gasteiger partial charge on any atom is -0.299 e. The molecular formula is C8H14N4O. The predicted octanol–water partition coefficient (Wildman–Crippen LogP) is 0.747. The molecule has 1 aromatic rings. The van der Waals surface area contributed by atoms with Crippen LogP contribution in [0.25, 0.3) is 0 Å². The van der Waals surface area contributed by atoms with Crippen LogP contribution in [0.5, 0.6) is 0 Å². The van der Waals surface area contributed by atoms with E-state index in [9.17, 15) is 4.79 Å². The van der Waals surface area contributed by atoms with Gasteiger partial charge in [-0.25, -0.2) is 0 Å². The Balaban J connectivity index is 2.43. The Morgan fingerprint density at radius 2 is 2.15 bits per heavy atom. The van der Waals surface area contributed by atoms with Gasteiger partial charge in [0.25, 0.3) is 0 Å².